The molecule has 27 heavy (non-hydrogen) atoms. The minimum absolute atomic E-state index is 0.0630. The summed E-state index contributed by atoms with van der Waals surface area (Å²) in [6.07, 6.45) is 22.1. The van der Waals surface area contributed by atoms with Crippen LogP contribution in [0.1, 0.15) is 110 Å². The highest BCUT2D eigenvalue weighted by molar-refractivity contribution is 5.53. The van der Waals surface area contributed by atoms with Crippen LogP contribution in [0.3, 0.4) is 0 Å². The third-order valence-corrected chi connectivity index (χ3v) is 5.33. The number of rotatable bonds is 18. The van der Waals surface area contributed by atoms with E-state index in [0.29, 0.717) is 0 Å². The molecule has 3 nitrogen and oxygen atoms in total. The summed E-state index contributed by atoms with van der Waals surface area (Å²) in [7, 11) is 0. The van der Waals surface area contributed by atoms with E-state index in [1.54, 1.807) is 12.1 Å². The summed E-state index contributed by atoms with van der Waals surface area (Å²) in [5, 5.41) is 22.0. The van der Waals surface area contributed by atoms with Crippen LogP contribution in [-0.2, 0) is 0 Å². The Balaban J connectivity index is 1.77. The molecule has 0 atom stereocenters. The Labute approximate surface area is 167 Å². The maximum Gasteiger partial charge on any atom is 0.159 e. The van der Waals surface area contributed by atoms with Gasteiger partial charge in [-0.15, -0.1) is 0 Å². The fourth-order valence-electron chi connectivity index (χ4n) is 3.54. The average Bonchev–Trinajstić information content (AvgIpc) is 2.67. The lowest BCUT2D eigenvalue weighted by molar-refractivity contribution is 0.404. The Kier molecular flexibility index (Phi) is 14.7. The van der Waals surface area contributed by atoms with Crippen LogP contribution in [0.5, 0.6) is 11.5 Å². The lowest BCUT2D eigenvalue weighted by Gasteiger charge is -2.07. The summed E-state index contributed by atoms with van der Waals surface area (Å²) in [6.45, 7) is 3.20. The Morgan fingerprint density at radius 2 is 1.04 bits per heavy atom. The van der Waals surface area contributed by atoms with E-state index < -0.39 is 0 Å². The zero-order valence-electron chi connectivity index (χ0n) is 17.6. The number of unbranched alkanes of at least 4 members (excludes halogenated alkanes) is 15. The number of benzene rings is 1. The Morgan fingerprint density at radius 3 is 1.48 bits per heavy atom. The number of phenolic OH excluding ortho intramolecular Hbond substituents is 2. The number of nitrogens with one attached hydrogen (secondary N) is 1. The molecule has 0 aromatic heterocycles. The van der Waals surface area contributed by atoms with Crippen LogP contribution < -0.4 is 5.32 Å². The Hall–Kier alpha value is -1.38. The standard InChI is InChI=1S/C24H43NO2/c1-2-3-4-5-6-7-8-9-10-11-12-13-14-15-16-17-20-25-22-18-19-23(26)24(27)21-22/h18-19,21,25-27H,2-17,20H2,1H3. The van der Waals surface area contributed by atoms with Gasteiger partial charge in [0, 0.05) is 18.3 Å². The molecule has 0 saturated carbocycles. The first-order valence-electron chi connectivity index (χ1n) is 11.5. The molecule has 0 aliphatic rings. The number of aromatic hydroxyl groups is 2. The molecule has 1 aromatic carbocycles. The van der Waals surface area contributed by atoms with Gasteiger partial charge in [0.15, 0.2) is 11.5 Å². The first kappa shape index (κ1) is 23.7. The lowest BCUT2D eigenvalue weighted by atomic mass is 10.0. The monoisotopic (exact) mass is 377 g/mol. The van der Waals surface area contributed by atoms with Crippen molar-refractivity contribution < 1.29 is 10.2 Å². The Morgan fingerprint density at radius 1 is 0.593 bits per heavy atom. The van der Waals surface area contributed by atoms with Crippen LogP contribution in [0.25, 0.3) is 0 Å². The summed E-state index contributed by atoms with van der Waals surface area (Å²) < 4.78 is 0. The summed E-state index contributed by atoms with van der Waals surface area (Å²) in [6, 6.07) is 4.88. The van der Waals surface area contributed by atoms with Gasteiger partial charge in [-0.05, 0) is 18.6 Å². The summed E-state index contributed by atoms with van der Waals surface area (Å²) in [5.74, 6) is -0.130. The highest BCUT2D eigenvalue weighted by atomic mass is 16.3. The van der Waals surface area contributed by atoms with E-state index in [4.69, 9.17) is 0 Å². The molecule has 0 radical (unpaired) electrons. The van der Waals surface area contributed by atoms with Gasteiger partial charge in [-0.1, -0.05) is 103 Å². The molecule has 0 saturated heterocycles. The normalized spacial score (nSPS) is 11.0. The highest BCUT2D eigenvalue weighted by Crippen LogP contribution is 2.27. The molecule has 1 rings (SSSR count). The third-order valence-electron chi connectivity index (χ3n) is 5.33. The van der Waals surface area contributed by atoms with Crippen LogP contribution >= 0.6 is 0 Å². The topological polar surface area (TPSA) is 52.5 Å². The average molecular weight is 378 g/mol. The first-order chi connectivity index (χ1) is 13.2. The van der Waals surface area contributed by atoms with Crippen LogP contribution in [-0.4, -0.2) is 16.8 Å². The second-order valence-electron chi connectivity index (χ2n) is 7.93. The molecular weight excluding hydrogens is 334 g/mol. The predicted molar refractivity (Wildman–Crippen MR) is 118 cm³/mol. The fourth-order valence-corrected chi connectivity index (χ4v) is 3.54. The van der Waals surface area contributed by atoms with Gasteiger partial charge >= 0.3 is 0 Å². The number of hydrogen-bond acceptors (Lipinski definition) is 3. The van der Waals surface area contributed by atoms with Crippen molar-refractivity contribution in [2.75, 3.05) is 11.9 Å². The lowest BCUT2D eigenvalue weighted by Crippen LogP contribution is -2.01. The molecule has 0 fully saturated rings. The minimum Gasteiger partial charge on any atom is -0.504 e. The Bertz CT molecular complexity index is 462. The highest BCUT2D eigenvalue weighted by Gasteiger charge is 2.00. The van der Waals surface area contributed by atoms with Gasteiger partial charge in [-0.3, -0.25) is 0 Å². The summed E-state index contributed by atoms with van der Waals surface area (Å²) >= 11 is 0. The van der Waals surface area contributed by atoms with Gasteiger partial charge < -0.3 is 15.5 Å². The predicted octanol–water partition coefficient (Wildman–Crippen LogP) is 7.77. The van der Waals surface area contributed by atoms with Gasteiger partial charge in [0.2, 0.25) is 0 Å². The smallest absolute Gasteiger partial charge is 0.159 e. The number of phenols is 2. The zero-order chi connectivity index (χ0) is 19.6. The van der Waals surface area contributed by atoms with Gasteiger partial charge in [0.1, 0.15) is 0 Å². The fraction of sp³-hybridized carbons (Fsp3) is 0.750. The van der Waals surface area contributed by atoms with E-state index in [1.807, 2.05) is 0 Å². The molecule has 3 N–H and O–H groups in total. The number of hydrogen-bond donors (Lipinski definition) is 3. The van der Waals surface area contributed by atoms with Gasteiger partial charge in [0.25, 0.3) is 0 Å². The molecule has 0 aliphatic carbocycles. The van der Waals surface area contributed by atoms with E-state index >= 15 is 0 Å². The van der Waals surface area contributed by atoms with Crippen molar-refractivity contribution in [3.63, 3.8) is 0 Å². The first-order valence-corrected chi connectivity index (χ1v) is 11.5. The van der Waals surface area contributed by atoms with Crippen molar-refractivity contribution in [1.82, 2.24) is 0 Å². The van der Waals surface area contributed by atoms with Gasteiger partial charge in [-0.25, -0.2) is 0 Å². The molecule has 0 amide bonds. The third kappa shape index (κ3) is 13.4. The van der Waals surface area contributed by atoms with E-state index in [9.17, 15) is 10.2 Å². The van der Waals surface area contributed by atoms with Crippen molar-refractivity contribution >= 4 is 5.69 Å². The molecule has 1 aromatic rings. The zero-order valence-corrected chi connectivity index (χ0v) is 17.6. The quantitative estimate of drug-likeness (QED) is 0.139. The van der Waals surface area contributed by atoms with Crippen LogP contribution in [0, 0.1) is 0 Å². The molecule has 3 heteroatoms. The maximum atomic E-state index is 9.45. The van der Waals surface area contributed by atoms with Crippen molar-refractivity contribution in [1.29, 1.82) is 0 Å². The van der Waals surface area contributed by atoms with Crippen molar-refractivity contribution in [2.45, 2.75) is 110 Å². The molecule has 0 unspecified atom stereocenters. The molecule has 0 spiro atoms. The molecule has 0 bridgehead atoms. The van der Waals surface area contributed by atoms with Crippen molar-refractivity contribution in [3.05, 3.63) is 18.2 Å². The van der Waals surface area contributed by atoms with E-state index in [0.717, 1.165) is 18.7 Å². The van der Waals surface area contributed by atoms with Crippen molar-refractivity contribution in [2.24, 2.45) is 0 Å². The van der Waals surface area contributed by atoms with E-state index in [2.05, 4.69) is 12.2 Å². The summed E-state index contributed by atoms with van der Waals surface area (Å²) in [5.41, 5.74) is 0.867. The van der Waals surface area contributed by atoms with Crippen LogP contribution in [0.2, 0.25) is 0 Å². The SMILES string of the molecule is CCCCCCCCCCCCCCCCCCNc1ccc(O)c(O)c1. The van der Waals surface area contributed by atoms with E-state index in [1.165, 1.54) is 102 Å². The largest absolute Gasteiger partial charge is 0.504 e. The second kappa shape index (κ2) is 16.8. The van der Waals surface area contributed by atoms with Crippen LogP contribution in [0.15, 0.2) is 18.2 Å². The maximum absolute atomic E-state index is 9.45. The van der Waals surface area contributed by atoms with Crippen molar-refractivity contribution in [3.8, 4) is 11.5 Å². The van der Waals surface area contributed by atoms with Gasteiger partial charge in [-0.2, -0.15) is 0 Å². The molecule has 0 heterocycles. The minimum atomic E-state index is -0.0667. The van der Waals surface area contributed by atoms with Crippen LogP contribution in [0.4, 0.5) is 5.69 Å². The van der Waals surface area contributed by atoms with E-state index in [-0.39, 0.29) is 11.5 Å². The second-order valence-corrected chi connectivity index (χ2v) is 7.93. The molecule has 0 aliphatic heterocycles. The number of anilines is 1. The summed E-state index contributed by atoms with van der Waals surface area (Å²) in [4.78, 5) is 0. The molecular formula is C24H43NO2. The van der Waals surface area contributed by atoms with Gasteiger partial charge in [0.05, 0.1) is 0 Å². The molecule has 156 valence electrons.